The van der Waals surface area contributed by atoms with E-state index >= 15 is 0 Å². The Kier molecular flexibility index (Phi) is 5.39. The summed E-state index contributed by atoms with van der Waals surface area (Å²) in [5.74, 6) is 0.882. The Morgan fingerprint density at radius 3 is 2.81 bits per heavy atom. The van der Waals surface area contributed by atoms with E-state index in [1.807, 2.05) is 36.1 Å². The van der Waals surface area contributed by atoms with Crippen LogP contribution in [0.2, 0.25) is 0 Å². The van der Waals surface area contributed by atoms with Gasteiger partial charge >= 0.3 is 0 Å². The molecule has 0 saturated carbocycles. The molecule has 0 bridgehead atoms. The second-order valence-electron chi connectivity index (χ2n) is 5.42. The lowest BCUT2D eigenvalue weighted by molar-refractivity contribution is 0.297. The van der Waals surface area contributed by atoms with Crippen molar-refractivity contribution in [2.24, 2.45) is 0 Å². The quantitative estimate of drug-likeness (QED) is 0.843. The van der Waals surface area contributed by atoms with Gasteiger partial charge in [0, 0.05) is 18.3 Å². The fourth-order valence-corrected chi connectivity index (χ4v) is 2.08. The molecule has 4 heteroatoms. The highest BCUT2D eigenvalue weighted by molar-refractivity contribution is 5.30. The molecule has 0 saturated heterocycles. The van der Waals surface area contributed by atoms with E-state index in [0.717, 1.165) is 17.9 Å². The van der Waals surface area contributed by atoms with Crippen LogP contribution >= 0.6 is 0 Å². The van der Waals surface area contributed by atoms with Crippen LogP contribution in [0.15, 0.2) is 36.5 Å². The third-order valence-corrected chi connectivity index (χ3v) is 3.88. The number of nitrogens with zero attached hydrogens (tertiary/aromatic N) is 2. The molecule has 0 aliphatic rings. The Morgan fingerprint density at radius 2 is 2.10 bits per heavy atom. The summed E-state index contributed by atoms with van der Waals surface area (Å²) in [6.07, 6.45) is 3.10. The zero-order valence-corrected chi connectivity index (χ0v) is 13.3. The monoisotopic (exact) mass is 287 g/mol. The van der Waals surface area contributed by atoms with Crippen molar-refractivity contribution in [3.05, 3.63) is 47.8 Å². The molecule has 0 aliphatic heterocycles. The second-order valence-corrected chi connectivity index (χ2v) is 5.42. The van der Waals surface area contributed by atoms with E-state index < -0.39 is 0 Å². The van der Waals surface area contributed by atoms with Gasteiger partial charge in [-0.15, -0.1) is 0 Å². The van der Waals surface area contributed by atoms with Gasteiger partial charge in [-0.25, -0.2) is 0 Å². The summed E-state index contributed by atoms with van der Waals surface area (Å²) in [5, 5.41) is 7.78. The molecule has 1 N–H and O–H groups in total. The molecule has 0 fully saturated rings. The summed E-state index contributed by atoms with van der Waals surface area (Å²) < 4.78 is 7.85. The largest absolute Gasteiger partial charge is 0.487 e. The summed E-state index contributed by atoms with van der Waals surface area (Å²) in [5.41, 5.74) is 2.18. The Bertz CT molecular complexity index is 565. The number of ether oxygens (including phenoxy) is 1. The van der Waals surface area contributed by atoms with Gasteiger partial charge in [0.2, 0.25) is 0 Å². The van der Waals surface area contributed by atoms with Gasteiger partial charge in [-0.05, 0) is 51.1 Å². The molecule has 1 aromatic carbocycles. The maximum absolute atomic E-state index is 5.85. The first kappa shape index (κ1) is 15.6. The standard InChI is InChI=1S/C17H25N3O/c1-5-13(2)20-10-9-16(19-20)12-21-17-8-6-7-15(11-17)14(3)18-4/h6-11,13-14,18H,5,12H2,1-4H3. The van der Waals surface area contributed by atoms with Gasteiger partial charge in [-0.1, -0.05) is 19.1 Å². The normalized spacial score (nSPS) is 13.9. The van der Waals surface area contributed by atoms with Crippen LogP contribution in [0.5, 0.6) is 5.75 Å². The molecule has 1 heterocycles. The van der Waals surface area contributed by atoms with Crippen LogP contribution < -0.4 is 10.1 Å². The Balaban J connectivity index is 1.98. The SMILES string of the molecule is CCC(C)n1ccc(COc2cccc(C(C)NC)c2)n1. The first-order valence-corrected chi connectivity index (χ1v) is 7.58. The third kappa shape index (κ3) is 4.08. The molecular weight excluding hydrogens is 262 g/mol. The number of hydrogen-bond donors (Lipinski definition) is 1. The number of hydrogen-bond acceptors (Lipinski definition) is 3. The van der Waals surface area contributed by atoms with E-state index in [4.69, 9.17) is 4.74 Å². The smallest absolute Gasteiger partial charge is 0.132 e. The molecule has 21 heavy (non-hydrogen) atoms. The molecular formula is C17H25N3O. The maximum Gasteiger partial charge on any atom is 0.132 e. The number of rotatable bonds is 7. The molecule has 0 aliphatic carbocycles. The molecule has 0 amide bonds. The van der Waals surface area contributed by atoms with Gasteiger partial charge < -0.3 is 10.1 Å². The number of nitrogens with one attached hydrogen (secondary N) is 1. The number of aromatic nitrogens is 2. The lowest BCUT2D eigenvalue weighted by Crippen LogP contribution is -2.12. The highest BCUT2D eigenvalue weighted by Crippen LogP contribution is 2.19. The van der Waals surface area contributed by atoms with Crippen molar-refractivity contribution in [1.82, 2.24) is 15.1 Å². The molecule has 114 valence electrons. The van der Waals surface area contributed by atoms with E-state index in [1.54, 1.807) is 0 Å². The van der Waals surface area contributed by atoms with Gasteiger partial charge in [-0.3, -0.25) is 4.68 Å². The Morgan fingerprint density at radius 1 is 1.29 bits per heavy atom. The van der Waals surface area contributed by atoms with Gasteiger partial charge in [0.05, 0.1) is 5.69 Å². The van der Waals surface area contributed by atoms with Crippen molar-refractivity contribution >= 4 is 0 Å². The van der Waals surface area contributed by atoms with E-state index in [2.05, 4.69) is 43.3 Å². The molecule has 0 radical (unpaired) electrons. The van der Waals surface area contributed by atoms with E-state index in [9.17, 15) is 0 Å². The van der Waals surface area contributed by atoms with Crippen LogP contribution in [0.3, 0.4) is 0 Å². The van der Waals surface area contributed by atoms with E-state index in [-0.39, 0.29) is 0 Å². The van der Waals surface area contributed by atoms with Crippen LogP contribution in [-0.4, -0.2) is 16.8 Å². The van der Waals surface area contributed by atoms with Crippen molar-refractivity contribution in [2.45, 2.75) is 45.9 Å². The fourth-order valence-electron chi connectivity index (χ4n) is 2.08. The topological polar surface area (TPSA) is 39.1 Å². The first-order chi connectivity index (χ1) is 10.1. The zero-order valence-electron chi connectivity index (χ0n) is 13.3. The minimum atomic E-state index is 0.318. The Labute approximate surface area is 127 Å². The minimum Gasteiger partial charge on any atom is -0.487 e. The summed E-state index contributed by atoms with van der Waals surface area (Å²) in [6.45, 7) is 6.96. The lowest BCUT2D eigenvalue weighted by atomic mass is 10.1. The van der Waals surface area contributed by atoms with Crippen LogP contribution in [0.4, 0.5) is 0 Å². The summed E-state index contributed by atoms with van der Waals surface area (Å²) in [7, 11) is 1.96. The van der Waals surface area contributed by atoms with Crippen molar-refractivity contribution < 1.29 is 4.74 Å². The van der Waals surface area contributed by atoms with Crippen molar-refractivity contribution in [1.29, 1.82) is 0 Å². The van der Waals surface area contributed by atoms with E-state index in [1.165, 1.54) is 5.56 Å². The third-order valence-electron chi connectivity index (χ3n) is 3.88. The molecule has 2 atom stereocenters. The molecule has 1 aromatic heterocycles. The molecule has 4 nitrogen and oxygen atoms in total. The molecule has 2 rings (SSSR count). The van der Waals surface area contributed by atoms with Crippen LogP contribution in [0, 0.1) is 0 Å². The van der Waals surface area contributed by atoms with Crippen molar-refractivity contribution in [2.75, 3.05) is 7.05 Å². The van der Waals surface area contributed by atoms with Crippen molar-refractivity contribution in [3.8, 4) is 5.75 Å². The van der Waals surface area contributed by atoms with Crippen LogP contribution in [0.25, 0.3) is 0 Å². The van der Waals surface area contributed by atoms with Crippen LogP contribution in [0.1, 0.15) is 50.5 Å². The summed E-state index contributed by atoms with van der Waals surface area (Å²) in [6, 6.07) is 11.0. The summed E-state index contributed by atoms with van der Waals surface area (Å²) in [4.78, 5) is 0. The van der Waals surface area contributed by atoms with Gasteiger partial charge in [0.15, 0.2) is 0 Å². The predicted molar refractivity (Wildman–Crippen MR) is 85.5 cm³/mol. The first-order valence-electron chi connectivity index (χ1n) is 7.58. The Hall–Kier alpha value is -1.81. The number of benzene rings is 1. The predicted octanol–water partition coefficient (Wildman–Crippen LogP) is 3.71. The summed E-state index contributed by atoms with van der Waals surface area (Å²) >= 11 is 0. The van der Waals surface area contributed by atoms with Gasteiger partial charge in [-0.2, -0.15) is 5.10 Å². The molecule has 2 aromatic rings. The highest BCUT2D eigenvalue weighted by Gasteiger charge is 2.07. The minimum absolute atomic E-state index is 0.318. The fraction of sp³-hybridized carbons (Fsp3) is 0.471. The van der Waals surface area contributed by atoms with Crippen LogP contribution in [-0.2, 0) is 6.61 Å². The van der Waals surface area contributed by atoms with Gasteiger partial charge in [0.1, 0.15) is 12.4 Å². The van der Waals surface area contributed by atoms with Gasteiger partial charge in [0.25, 0.3) is 0 Å². The lowest BCUT2D eigenvalue weighted by Gasteiger charge is -2.12. The van der Waals surface area contributed by atoms with Crippen molar-refractivity contribution in [3.63, 3.8) is 0 Å². The average molecular weight is 287 g/mol. The molecule has 0 spiro atoms. The maximum atomic E-state index is 5.85. The second kappa shape index (κ2) is 7.27. The molecule has 2 unspecified atom stereocenters. The van der Waals surface area contributed by atoms with E-state index in [0.29, 0.717) is 18.7 Å². The highest BCUT2D eigenvalue weighted by atomic mass is 16.5. The average Bonchev–Trinajstić information content (AvgIpc) is 3.00. The zero-order chi connectivity index (χ0) is 15.2.